The van der Waals surface area contributed by atoms with Gasteiger partial charge in [-0.05, 0) is 31.2 Å². The largest absolute Gasteiger partial charge is 0.323 e. The van der Waals surface area contributed by atoms with Gasteiger partial charge in [-0.3, -0.25) is 9.59 Å². The highest BCUT2D eigenvalue weighted by Gasteiger charge is 2.17. The maximum Gasteiger partial charge on any atom is 0.260 e. The molecule has 0 radical (unpaired) electrons. The van der Waals surface area contributed by atoms with Gasteiger partial charge in [0.1, 0.15) is 6.54 Å². The molecule has 0 aliphatic rings. The fourth-order valence-corrected chi connectivity index (χ4v) is 3.97. The number of aryl methyl sites for hydroxylation is 1. The first-order valence-corrected chi connectivity index (χ1v) is 10.5. The Labute approximate surface area is 188 Å². The van der Waals surface area contributed by atoms with Crippen LogP contribution >= 0.6 is 11.6 Å². The highest BCUT2D eigenvalue weighted by Crippen LogP contribution is 2.23. The predicted molar refractivity (Wildman–Crippen MR) is 127 cm³/mol. The highest BCUT2D eigenvalue weighted by atomic mass is 35.5. The van der Waals surface area contributed by atoms with Gasteiger partial charge < -0.3 is 9.88 Å². The minimum Gasteiger partial charge on any atom is -0.323 e. The molecule has 7 heteroatoms. The van der Waals surface area contributed by atoms with Crippen molar-refractivity contribution in [3.8, 4) is 11.3 Å². The normalized spacial score (nSPS) is 11.2. The molecule has 1 N–H and O–H groups in total. The molecule has 3 aromatic carbocycles. The molecule has 0 unspecified atom stereocenters. The van der Waals surface area contributed by atoms with E-state index in [9.17, 15) is 9.59 Å². The van der Waals surface area contributed by atoms with Crippen LogP contribution in [0.15, 0.2) is 83.7 Å². The van der Waals surface area contributed by atoms with Crippen LogP contribution in [0.2, 0.25) is 5.02 Å². The Balaban J connectivity index is 1.64. The van der Waals surface area contributed by atoms with Crippen molar-refractivity contribution in [2.75, 3.05) is 5.32 Å². The molecule has 1 amide bonds. The SMILES string of the molecule is Cc1ccc(-c2cc(=O)n3c4ccccc4n(CC(=O)Nc4ccccc4Cl)c3n2)cc1. The average Bonchev–Trinajstić information content (AvgIpc) is 3.10. The molecule has 5 rings (SSSR count). The topological polar surface area (TPSA) is 68.4 Å². The molecule has 32 heavy (non-hydrogen) atoms. The number of carbonyl (C=O) groups is 1. The Morgan fingerprint density at radius 3 is 2.41 bits per heavy atom. The molecule has 0 saturated carbocycles. The maximum atomic E-state index is 13.1. The van der Waals surface area contributed by atoms with Crippen LogP contribution in [0.3, 0.4) is 0 Å². The standard InChI is InChI=1S/C25H19ClN4O2/c1-16-10-12-17(13-11-16)20-14-24(32)30-22-9-5-4-8-21(22)29(25(30)28-20)15-23(31)27-19-7-3-2-6-18(19)26/h2-14H,15H2,1H3,(H,27,31). The zero-order valence-corrected chi connectivity index (χ0v) is 18.0. The predicted octanol–water partition coefficient (Wildman–Crippen LogP) is 4.92. The number of nitrogens with zero attached hydrogens (tertiary/aromatic N) is 3. The number of halogens is 1. The summed E-state index contributed by atoms with van der Waals surface area (Å²) >= 11 is 6.18. The molecule has 0 aliphatic carbocycles. The summed E-state index contributed by atoms with van der Waals surface area (Å²) in [6.07, 6.45) is 0. The van der Waals surface area contributed by atoms with Gasteiger partial charge in [0.2, 0.25) is 11.7 Å². The Hall–Kier alpha value is -3.90. The van der Waals surface area contributed by atoms with Crippen LogP contribution < -0.4 is 10.9 Å². The number of amides is 1. The quantitative estimate of drug-likeness (QED) is 0.429. The van der Waals surface area contributed by atoms with Gasteiger partial charge in [0, 0.05) is 11.6 Å². The Kier molecular flexibility index (Phi) is 4.99. The van der Waals surface area contributed by atoms with Gasteiger partial charge >= 0.3 is 0 Å². The third-order valence-corrected chi connectivity index (χ3v) is 5.68. The minimum atomic E-state index is -0.267. The van der Waals surface area contributed by atoms with Gasteiger partial charge in [-0.1, -0.05) is 65.7 Å². The Morgan fingerprint density at radius 1 is 0.969 bits per heavy atom. The van der Waals surface area contributed by atoms with E-state index in [-0.39, 0.29) is 18.0 Å². The molecule has 6 nitrogen and oxygen atoms in total. The van der Waals surface area contributed by atoms with E-state index in [0.717, 1.165) is 16.6 Å². The Morgan fingerprint density at radius 2 is 1.66 bits per heavy atom. The molecule has 0 spiro atoms. The smallest absolute Gasteiger partial charge is 0.260 e. The second kappa shape index (κ2) is 7.98. The molecule has 0 bridgehead atoms. The monoisotopic (exact) mass is 442 g/mol. The number of nitrogens with one attached hydrogen (secondary N) is 1. The number of benzene rings is 3. The lowest BCUT2D eigenvalue weighted by molar-refractivity contribution is -0.116. The van der Waals surface area contributed by atoms with E-state index < -0.39 is 0 Å². The van der Waals surface area contributed by atoms with Crippen molar-refractivity contribution in [1.29, 1.82) is 0 Å². The van der Waals surface area contributed by atoms with Crippen LogP contribution in [0.25, 0.3) is 28.1 Å². The van der Waals surface area contributed by atoms with E-state index in [4.69, 9.17) is 16.6 Å². The second-order valence-corrected chi connectivity index (χ2v) is 7.99. The lowest BCUT2D eigenvalue weighted by Crippen LogP contribution is -2.20. The summed E-state index contributed by atoms with van der Waals surface area (Å²) in [6, 6.07) is 23.9. The third kappa shape index (κ3) is 3.55. The van der Waals surface area contributed by atoms with Crippen LogP contribution in [0.4, 0.5) is 5.69 Å². The summed E-state index contributed by atoms with van der Waals surface area (Å²) in [5, 5.41) is 3.30. The van der Waals surface area contributed by atoms with Gasteiger partial charge in [-0.2, -0.15) is 0 Å². The van der Waals surface area contributed by atoms with E-state index in [0.29, 0.717) is 27.7 Å². The molecule has 5 aromatic rings. The number of aromatic nitrogens is 3. The summed E-state index contributed by atoms with van der Waals surface area (Å²) < 4.78 is 3.29. The second-order valence-electron chi connectivity index (χ2n) is 7.58. The number of hydrogen-bond acceptors (Lipinski definition) is 3. The summed E-state index contributed by atoms with van der Waals surface area (Å²) in [7, 11) is 0. The van der Waals surface area contributed by atoms with Gasteiger partial charge in [0.05, 0.1) is 27.4 Å². The molecule has 0 atom stereocenters. The third-order valence-electron chi connectivity index (χ3n) is 5.35. The molecule has 2 aromatic heterocycles. The molecular formula is C25H19ClN4O2. The minimum absolute atomic E-state index is 0.0218. The molecule has 0 fully saturated rings. The summed E-state index contributed by atoms with van der Waals surface area (Å²) in [6.45, 7) is 1.98. The van der Waals surface area contributed by atoms with Crippen LogP contribution in [0, 0.1) is 6.92 Å². The summed E-state index contributed by atoms with van der Waals surface area (Å²) in [5.74, 6) is 0.139. The number of imidazole rings is 1. The number of hydrogen-bond donors (Lipinski definition) is 1. The number of fused-ring (bicyclic) bond motifs is 3. The van der Waals surface area contributed by atoms with Crippen LogP contribution in [-0.2, 0) is 11.3 Å². The van der Waals surface area contributed by atoms with Gasteiger partial charge in [-0.25, -0.2) is 9.38 Å². The first-order chi connectivity index (χ1) is 15.5. The zero-order valence-electron chi connectivity index (χ0n) is 17.2. The fourth-order valence-electron chi connectivity index (χ4n) is 3.79. The molecule has 0 aliphatic heterocycles. The number of carbonyl (C=O) groups excluding carboxylic acids is 1. The van der Waals surface area contributed by atoms with Crippen LogP contribution in [0.5, 0.6) is 0 Å². The van der Waals surface area contributed by atoms with Gasteiger partial charge in [0.25, 0.3) is 5.56 Å². The van der Waals surface area contributed by atoms with E-state index in [2.05, 4.69) is 5.32 Å². The molecule has 2 heterocycles. The van der Waals surface area contributed by atoms with E-state index in [1.807, 2.05) is 55.5 Å². The van der Waals surface area contributed by atoms with Crippen LogP contribution in [-0.4, -0.2) is 19.9 Å². The zero-order chi connectivity index (χ0) is 22.2. The number of rotatable bonds is 4. The van der Waals surface area contributed by atoms with E-state index in [1.54, 1.807) is 28.8 Å². The van der Waals surface area contributed by atoms with Crippen LogP contribution in [0.1, 0.15) is 5.56 Å². The number of para-hydroxylation sites is 3. The van der Waals surface area contributed by atoms with Gasteiger partial charge in [-0.15, -0.1) is 0 Å². The van der Waals surface area contributed by atoms with Crippen molar-refractivity contribution in [3.05, 3.63) is 99.8 Å². The summed E-state index contributed by atoms with van der Waals surface area (Å²) in [4.78, 5) is 30.7. The first-order valence-electron chi connectivity index (χ1n) is 10.1. The van der Waals surface area contributed by atoms with Crippen molar-refractivity contribution < 1.29 is 4.79 Å². The Bertz CT molecular complexity index is 1530. The van der Waals surface area contributed by atoms with Crippen molar-refractivity contribution in [1.82, 2.24) is 14.0 Å². The first kappa shape index (κ1) is 20.0. The fraction of sp³-hybridized carbons (Fsp3) is 0.0800. The van der Waals surface area contributed by atoms with E-state index >= 15 is 0 Å². The van der Waals surface area contributed by atoms with Gasteiger partial charge in [0.15, 0.2) is 0 Å². The molecule has 158 valence electrons. The maximum absolute atomic E-state index is 13.1. The lowest BCUT2D eigenvalue weighted by Gasteiger charge is -2.09. The number of anilines is 1. The molecule has 0 saturated heterocycles. The van der Waals surface area contributed by atoms with Crippen molar-refractivity contribution >= 4 is 40.0 Å². The highest BCUT2D eigenvalue weighted by molar-refractivity contribution is 6.33. The van der Waals surface area contributed by atoms with Crippen molar-refractivity contribution in [2.24, 2.45) is 0 Å². The van der Waals surface area contributed by atoms with Crippen molar-refractivity contribution in [3.63, 3.8) is 0 Å². The van der Waals surface area contributed by atoms with Crippen molar-refractivity contribution in [2.45, 2.75) is 13.5 Å². The summed E-state index contributed by atoms with van der Waals surface area (Å²) in [5.41, 5.74) is 4.29. The lowest BCUT2D eigenvalue weighted by atomic mass is 10.1. The van der Waals surface area contributed by atoms with E-state index in [1.165, 1.54) is 10.5 Å². The molecular weight excluding hydrogens is 424 g/mol. The average molecular weight is 443 g/mol.